The molecule has 0 radical (unpaired) electrons. The predicted molar refractivity (Wildman–Crippen MR) is 79.6 cm³/mol. The first-order valence-corrected chi connectivity index (χ1v) is 7.38. The topological polar surface area (TPSA) is 114 Å². The Morgan fingerprint density at radius 2 is 1.82 bits per heavy atom. The highest BCUT2D eigenvalue weighted by Gasteiger charge is 2.43. The SMILES string of the molecule is C[C@@H](Cc1ccccc1)NNC1C(O)OC(CO)C(O)C1O. The summed E-state index contributed by atoms with van der Waals surface area (Å²) >= 11 is 0. The molecule has 1 heterocycles. The summed E-state index contributed by atoms with van der Waals surface area (Å²) in [5, 5.41) is 38.7. The van der Waals surface area contributed by atoms with Gasteiger partial charge in [0, 0.05) is 6.04 Å². The van der Waals surface area contributed by atoms with Crippen LogP contribution in [0.1, 0.15) is 12.5 Å². The molecule has 6 N–H and O–H groups in total. The molecule has 124 valence electrons. The third kappa shape index (κ3) is 4.23. The number of hydrazine groups is 1. The molecule has 1 aromatic rings. The van der Waals surface area contributed by atoms with E-state index < -0.39 is 37.3 Å². The minimum atomic E-state index is -1.33. The highest BCUT2D eigenvalue weighted by atomic mass is 16.6. The Morgan fingerprint density at radius 3 is 2.45 bits per heavy atom. The Kier molecular flexibility index (Phi) is 6.27. The minimum absolute atomic E-state index is 0.0366. The van der Waals surface area contributed by atoms with E-state index in [9.17, 15) is 15.3 Å². The molecule has 0 spiro atoms. The lowest BCUT2D eigenvalue weighted by atomic mass is 9.97. The van der Waals surface area contributed by atoms with Crippen molar-refractivity contribution in [2.45, 2.75) is 50.0 Å². The molecule has 5 unspecified atom stereocenters. The maximum atomic E-state index is 10.0. The van der Waals surface area contributed by atoms with Crippen molar-refractivity contribution in [3.05, 3.63) is 35.9 Å². The van der Waals surface area contributed by atoms with Crippen molar-refractivity contribution in [3.8, 4) is 0 Å². The van der Waals surface area contributed by atoms with Gasteiger partial charge < -0.3 is 25.2 Å². The molecular weight excluding hydrogens is 288 g/mol. The van der Waals surface area contributed by atoms with Gasteiger partial charge in [0.2, 0.25) is 0 Å². The molecule has 2 rings (SSSR count). The van der Waals surface area contributed by atoms with Crippen LogP contribution in [0.2, 0.25) is 0 Å². The van der Waals surface area contributed by atoms with Gasteiger partial charge in [0.25, 0.3) is 0 Å². The first-order valence-electron chi connectivity index (χ1n) is 7.38. The molecule has 0 saturated carbocycles. The van der Waals surface area contributed by atoms with Crippen molar-refractivity contribution in [1.29, 1.82) is 0 Å². The Hall–Kier alpha value is -1.06. The van der Waals surface area contributed by atoms with E-state index in [2.05, 4.69) is 10.9 Å². The summed E-state index contributed by atoms with van der Waals surface area (Å²) in [5.74, 6) is 0. The molecule has 0 aromatic heterocycles. The summed E-state index contributed by atoms with van der Waals surface area (Å²) in [6.07, 6.45) is -4.08. The second-order valence-electron chi connectivity index (χ2n) is 5.63. The summed E-state index contributed by atoms with van der Waals surface area (Å²) in [5.41, 5.74) is 6.95. The molecule has 6 atom stereocenters. The number of rotatable bonds is 6. The Labute approximate surface area is 129 Å². The minimum Gasteiger partial charge on any atom is -0.394 e. The van der Waals surface area contributed by atoms with E-state index in [0.29, 0.717) is 0 Å². The summed E-state index contributed by atoms with van der Waals surface area (Å²) in [6, 6.07) is 9.05. The van der Waals surface area contributed by atoms with Crippen molar-refractivity contribution in [1.82, 2.24) is 10.9 Å². The zero-order valence-electron chi connectivity index (χ0n) is 12.5. The second-order valence-corrected chi connectivity index (χ2v) is 5.63. The van der Waals surface area contributed by atoms with E-state index in [0.717, 1.165) is 12.0 Å². The third-order valence-electron chi connectivity index (χ3n) is 3.78. The van der Waals surface area contributed by atoms with Gasteiger partial charge in [-0.25, -0.2) is 5.43 Å². The molecule has 1 fully saturated rings. The number of aliphatic hydroxyl groups is 4. The van der Waals surface area contributed by atoms with E-state index in [1.165, 1.54) is 0 Å². The van der Waals surface area contributed by atoms with Gasteiger partial charge in [-0.3, -0.25) is 5.43 Å². The Balaban J connectivity index is 1.85. The van der Waals surface area contributed by atoms with E-state index in [1.54, 1.807) is 0 Å². The lowest BCUT2D eigenvalue weighted by Gasteiger charge is -2.40. The van der Waals surface area contributed by atoms with Gasteiger partial charge in [-0.05, 0) is 18.9 Å². The maximum Gasteiger partial charge on any atom is 0.174 e. The van der Waals surface area contributed by atoms with Gasteiger partial charge in [0.05, 0.1) is 6.61 Å². The van der Waals surface area contributed by atoms with E-state index in [4.69, 9.17) is 9.84 Å². The molecular formula is C15H24N2O5. The van der Waals surface area contributed by atoms with E-state index in [1.807, 2.05) is 37.3 Å². The highest BCUT2D eigenvalue weighted by molar-refractivity contribution is 5.15. The number of benzene rings is 1. The van der Waals surface area contributed by atoms with Gasteiger partial charge in [-0.2, -0.15) is 0 Å². The monoisotopic (exact) mass is 312 g/mol. The predicted octanol–water partition coefficient (Wildman–Crippen LogP) is -1.49. The highest BCUT2D eigenvalue weighted by Crippen LogP contribution is 2.19. The van der Waals surface area contributed by atoms with Crippen LogP contribution in [0.25, 0.3) is 0 Å². The quantitative estimate of drug-likeness (QED) is 0.355. The van der Waals surface area contributed by atoms with Gasteiger partial charge in [-0.1, -0.05) is 30.3 Å². The molecule has 1 aliphatic heterocycles. The maximum absolute atomic E-state index is 10.0. The number of aliphatic hydroxyl groups excluding tert-OH is 4. The van der Waals surface area contributed by atoms with Crippen LogP contribution in [0.5, 0.6) is 0 Å². The average Bonchev–Trinajstić information content (AvgIpc) is 2.51. The van der Waals surface area contributed by atoms with Crippen LogP contribution < -0.4 is 10.9 Å². The van der Waals surface area contributed by atoms with Crippen molar-refractivity contribution in [2.75, 3.05) is 6.61 Å². The van der Waals surface area contributed by atoms with Crippen LogP contribution in [0.15, 0.2) is 30.3 Å². The van der Waals surface area contributed by atoms with Crippen LogP contribution in [0.4, 0.5) is 0 Å². The van der Waals surface area contributed by atoms with E-state index in [-0.39, 0.29) is 6.04 Å². The molecule has 0 aliphatic carbocycles. The van der Waals surface area contributed by atoms with Crippen molar-refractivity contribution < 1.29 is 25.2 Å². The van der Waals surface area contributed by atoms with E-state index >= 15 is 0 Å². The largest absolute Gasteiger partial charge is 0.394 e. The van der Waals surface area contributed by atoms with Crippen LogP contribution >= 0.6 is 0 Å². The Morgan fingerprint density at radius 1 is 1.14 bits per heavy atom. The summed E-state index contributed by atoms with van der Waals surface area (Å²) in [6.45, 7) is 1.48. The smallest absolute Gasteiger partial charge is 0.174 e. The zero-order valence-corrected chi connectivity index (χ0v) is 12.5. The van der Waals surface area contributed by atoms with Gasteiger partial charge in [-0.15, -0.1) is 0 Å². The van der Waals surface area contributed by atoms with Gasteiger partial charge in [0.1, 0.15) is 24.4 Å². The van der Waals surface area contributed by atoms with Crippen LogP contribution in [0, 0.1) is 0 Å². The molecule has 1 aromatic carbocycles. The van der Waals surface area contributed by atoms with Crippen molar-refractivity contribution >= 4 is 0 Å². The first kappa shape index (κ1) is 17.3. The van der Waals surface area contributed by atoms with Gasteiger partial charge >= 0.3 is 0 Å². The second kappa shape index (κ2) is 7.98. The summed E-state index contributed by atoms with van der Waals surface area (Å²) < 4.78 is 5.07. The fourth-order valence-electron chi connectivity index (χ4n) is 2.51. The molecule has 22 heavy (non-hydrogen) atoms. The first-order chi connectivity index (χ1) is 10.5. The molecule has 0 bridgehead atoms. The number of hydrogen-bond acceptors (Lipinski definition) is 7. The third-order valence-corrected chi connectivity index (χ3v) is 3.78. The number of hydrogen-bond donors (Lipinski definition) is 6. The molecule has 0 amide bonds. The summed E-state index contributed by atoms with van der Waals surface area (Å²) in [7, 11) is 0. The Bertz CT molecular complexity index is 447. The zero-order chi connectivity index (χ0) is 16.1. The number of nitrogens with one attached hydrogen (secondary N) is 2. The summed E-state index contributed by atoms with van der Waals surface area (Å²) in [4.78, 5) is 0. The standard InChI is InChI=1S/C15H24N2O5/c1-9(7-10-5-3-2-4-6-10)16-17-12-14(20)13(19)11(8-18)22-15(12)21/h2-6,9,11-21H,7-8H2,1H3/t9-,11?,12?,13?,14?,15?/m0/s1. The average molecular weight is 312 g/mol. The van der Waals surface area contributed by atoms with Crippen LogP contribution in [0.3, 0.4) is 0 Å². The molecule has 7 heteroatoms. The van der Waals surface area contributed by atoms with Crippen molar-refractivity contribution in [3.63, 3.8) is 0 Å². The van der Waals surface area contributed by atoms with Crippen LogP contribution in [-0.2, 0) is 11.2 Å². The molecule has 1 saturated heterocycles. The lowest BCUT2D eigenvalue weighted by molar-refractivity contribution is -0.256. The molecule has 1 aliphatic rings. The fourth-order valence-corrected chi connectivity index (χ4v) is 2.51. The molecule has 7 nitrogen and oxygen atoms in total. The number of ether oxygens (including phenoxy) is 1. The lowest BCUT2D eigenvalue weighted by Crippen LogP contribution is -2.66. The van der Waals surface area contributed by atoms with Crippen molar-refractivity contribution in [2.24, 2.45) is 0 Å². The fraction of sp³-hybridized carbons (Fsp3) is 0.600. The van der Waals surface area contributed by atoms with Gasteiger partial charge in [0.15, 0.2) is 6.29 Å². The van der Waals surface area contributed by atoms with Crippen LogP contribution in [-0.4, -0.2) is 63.7 Å². The normalized spacial score (nSPS) is 33.6.